The number of ketones is 1. The van der Waals surface area contributed by atoms with Gasteiger partial charge in [0.25, 0.3) is 0 Å². The molecule has 76 valence electrons. The molecule has 0 unspecified atom stereocenters. The van der Waals surface area contributed by atoms with Crippen molar-refractivity contribution in [1.29, 1.82) is 0 Å². The third-order valence-electron chi connectivity index (χ3n) is 1.68. The first-order valence-electron chi connectivity index (χ1n) is 3.84. The Morgan fingerprint density at radius 2 is 1.93 bits per heavy atom. The van der Waals surface area contributed by atoms with Crippen molar-refractivity contribution in [3.8, 4) is 5.75 Å². The van der Waals surface area contributed by atoms with Gasteiger partial charge in [-0.1, -0.05) is 23.2 Å². The summed E-state index contributed by atoms with van der Waals surface area (Å²) in [4.78, 5) is 11.4. The highest BCUT2D eigenvalue weighted by molar-refractivity contribution is 6.44. The number of hydrogen-bond acceptors (Lipinski definition) is 2. The van der Waals surface area contributed by atoms with E-state index in [1.807, 2.05) is 0 Å². The minimum absolute atomic E-state index is 0.00732. The number of rotatable bonds is 3. The van der Waals surface area contributed by atoms with Crippen molar-refractivity contribution in [2.45, 2.75) is 6.42 Å². The predicted octanol–water partition coefficient (Wildman–Crippen LogP) is 3.51. The summed E-state index contributed by atoms with van der Waals surface area (Å²) in [6, 6.07) is 2.76. The third-order valence-corrected chi connectivity index (χ3v) is 2.74. The van der Waals surface area contributed by atoms with E-state index in [-0.39, 0.29) is 39.4 Å². The summed E-state index contributed by atoms with van der Waals surface area (Å²) in [7, 11) is 0. The van der Waals surface area contributed by atoms with E-state index in [1.54, 1.807) is 0 Å². The molecule has 0 spiro atoms. The molecule has 0 radical (unpaired) electrons. The molecule has 0 fully saturated rings. The maximum Gasteiger partial charge on any atom is 0.165 e. The van der Waals surface area contributed by atoms with Gasteiger partial charge in [0.1, 0.15) is 10.8 Å². The Morgan fingerprint density at radius 1 is 1.29 bits per heavy atom. The highest BCUT2D eigenvalue weighted by Gasteiger charge is 2.14. The Bertz CT molecular complexity index is 363. The van der Waals surface area contributed by atoms with Gasteiger partial charge in [-0.05, 0) is 12.1 Å². The quantitative estimate of drug-likeness (QED) is 0.661. The second-order valence-corrected chi connectivity index (χ2v) is 3.76. The van der Waals surface area contributed by atoms with E-state index in [0.717, 1.165) is 0 Å². The second kappa shape index (κ2) is 4.87. The molecule has 14 heavy (non-hydrogen) atoms. The van der Waals surface area contributed by atoms with E-state index in [9.17, 15) is 9.90 Å². The summed E-state index contributed by atoms with van der Waals surface area (Å²) < 4.78 is 0. The number of alkyl halides is 1. The van der Waals surface area contributed by atoms with Crippen LogP contribution in [0.1, 0.15) is 16.8 Å². The molecule has 1 aromatic carbocycles. The number of carbonyl (C=O) groups excluding carboxylic acids is 1. The molecule has 0 aromatic heterocycles. The van der Waals surface area contributed by atoms with Gasteiger partial charge in [0.05, 0.1) is 5.02 Å². The molecule has 0 aliphatic heterocycles. The van der Waals surface area contributed by atoms with Crippen molar-refractivity contribution in [2.75, 3.05) is 5.88 Å². The molecule has 0 saturated heterocycles. The zero-order valence-corrected chi connectivity index (χ0v) is 9.33. The van der Waals surface area contributed by atoms with E-state index < -0.39 is 0 Å². The molecule has 0 aliphatic rings. The third kappa shape index (κ3) is 2.32. The molecule has 5 heteroatoms. The Kier molecular flexibility index (Phi) is 4.05. The lowest BCUT2D eigenvalue weighted by atomic mass is 10.1. The average molecular weight is 254 g/mol. The maximum atomic E-state index is 11.4. The zero-order valence-electron chi connectivity index (χ0n) is 7.06. The molecule has 0 bridgehead atoms. The highest BCUT2D eigenvalue weighted by atomic mass is 35.5. The van der Waals surface area contributed by atoms with E-state index in [0.29, 0.717) is 0 Å². The van der Waals surface area contributed by atoms with Crippen LogP contribution in [0.5, 0.6) is 5.75 Å². The van der Waals surface area contributed by atoms with Crippen LogP contribution >= 0.6 is 34.8 Å². The number of carbonyl (C=O) groups is 1. The van der Waals surface area contributed by atoms with Gasteiger partial charge in [-0.2, -0.15) is 0 Å². The van der Waals surface area contributed by atoms with Crippen LogP contribution in [0, 0.1) is 0 Å². The van der Waals surface area contributed by atoms with Crippen molar-refractivity contribution in [3.05, 3.63) is 27.7 Å². The predicted molar refractivity (Wildman–Crippen MR) is 57.8 cm³/mol. The van der Waals surface area contributed by atoms with Crippen molar-refractivity contribution in [3.63, 3.8) is 0 Å². The Labute approximate surface area is 96.4 Å². The SMILES string of the molecule is O=C(CCCl)c1ccc(O)c(Cl)c1Cl. The summed E-state index contributed by atoms with van der Waals surface area (Å²) in [6.07, 6.45) is 0.197. The summed E-state index contributed by atoms with van der Waals surface area (Å²) in [6.45, 7) is 0. The first kappa shape index (κ1) is 11.6. The van der Waals surface area contributed by atoms with Crippen LogP contribution in [0.25, 0.3) is 0 Å². The Hall–Kier alpha value is -0.440. The normalized spacial score (nSPS) is 10.2. The van der Waals surface area contributed by atoms with Crippen LogP contribution in [0.2, 0.25) is 10.0 Å². The summed E-state index contributed by atoms with van der Waals surface area (Å²) in [5, 5.41) is 9.25. The van der Waals surface area contributed by atoms with Gasteiger partial charge in [0.15, 0.2) is 5.78 Å². The van der Waals surface area contributed by atoms with E-state index in [4.69, 9.17) is 34.8 Å². The van der Waals surface area contributed by atoms with Crippen molar-refractivity contribution >= 4 is 40.6 Å². The van der Waals surface area contributed by atoms with Crippen LogP contribution in [0.15, 0.2) is 12.1 Å². The summed E-state index contributed by atoms with van der Waals surface area (Å²) in [5.41, 5.74) is 0.287. The van der Waals surface area contributed by atoms with Gasteiger partial charge in [-0.25, -0.2) is 0 Å². The number of Topliss-reactive ketones (excluding diaryl/α,β-unsaturated/α-hetero) is 1. The molecule has 0 saturated carbocycles. The minimum Gasteiger partial charge on any atom is -0.506 e. The van der Waals surface area contributed by atoms with Crippen LogP contribution in [0.3, 0.4) is 0 Å². The van der Waals surface area contributed by atoms with Crippen LogP contribution in [0.4, 0.5) is 0 Å². The van der Waals surface area contributed by atoms with Gasteiger partial charge < -0.3 is 5.11 Å². The topological polar surface area (TPSA) is 37.3 Å². The first-order valence-corrected chi connectivity index (χ1v) is 5.13. The lowest BCUT2D eigenvalue weighted by Crippen LogP contribution is -2.00. The van der Waals surface area contributed by atoms with E-state index >= 15 is 0 Å². The smallest absolute Gasteiger partial charge is 0.165 e. The molecule has 0 amide bonds. The number of hydrogen-bond donors (Lipinski definition) is 1. The molecular weight excluding hydrogens is 246 g/mol. The molecule has 0 aliphatic carbocycles. The van der Waals surface area contributed by atoms with E-state index in [2.05, 4.69) is 0 Å². The Morgan fingerprint density at radius 3 is 2.50 bits per heavy atom. The monoisotopic (exact) mass is 252 g/mol. The first-order chi connectivity index (χ1) is 6.57. The minimum atomic E-state index is -0.188. The number of phenolic OH excluding ortho intramolecular Hbond substituents is 1. The van der Waals surface area contributed by atoms with Gasteiger partial charge in [-0.3, -0.25) is 4.79 Å². The van der Waals surface area contributed by atoms with Crippen molar-refractivity contribution in [1.82, 2.24) is 0 Å². The fourth-order valence-corrected chi connectivity index (χ4v) is 1.58. The zero-order chi connectivity index (χ0) is 10.7. The Balaban J connectivity index is 3.11. The van der Waals surface area contributed by atoms with Gasteiger partial charge >= 0.3 is 0 Å². The fraction of sp³-hybridized carbons (Fsp3) is 0.222. The molecule has 0 atom stereocenters. The summed E-state index contributed by atoms with van der Waals surface area (Å²) >= 11 is 16.9. The number of halogens is 3. The summed E-state index contributed by atoms with van der Waals surface area (Å²) in [5.74, 6) is -0.0980. The van der Waals surface area contributed by atoms with Crippen molar-refractivity contribution in [2.24, 2.45) is 0 Å². The van der Waals surface area contributed by atoms with Crippen molar-refractivity contribution < 1.29 is 9.90 Å². The molecule has 1 rings (SSSR count). The number of phenols is 1. The molecule has 0 heterocycles. The molecule has 1 N–H and O–H groups in total. The lowest BCUT2D eigenvalue weighted by molar-refractivity contribution is 0.0989. The van der Waals surface area contributed by atoms with Crippen LogP contribution in [-0.2, 0) is 0 Å². The molecule has 2 nitrogen and oxygen atoms in total. The standard InChI is InChI=1S/C9H7Cl3O2/c10-4-3-6(13)5-1-2-7(14)9(12)8(5)11/h1-2,14H,3-4H2. The highest BCUT2D eigenvalue weighted by Crippen LogP contribution is 2.34. The molecular formula is C9H7Cl3O2. The average Bonchev–Trinajstić information content (AvgIpc) is 2.15. The number of aromatic hydroxyl groups is 1. The maximum absolute atomic E-state index is 11.4. The largest absolute Gasteiger partial charge is 0.506 e. The molecule has 1 aromatic rings. The van der Waals surface area contributed by atoms with E-state index in [1.165, 1.54) is 12.1 Å². The van der Waals surface area contributed by atoms with Gasteiger partial charge in [0.2, 0.25) is 0 Å². The number of benzene rings is 1. The lowest BCUT2D eigenvalue weighted by Gasteiger charge is -2.05. The fourth-order valence-electron chi connectivity index (χ4n) is 0.975. The van der Waals surface area contributed by atoms with Gasteiger partial charge in [-0.15, -0.1) is 11.6 Å². The second-order valence-electron chi connectivity index (χ2n) is 2.62. The van der Waals surface area contributed by atoms with Crippen LogP contribution in [-0.4, -0.2) is 16.8 Å². The van der Waals surface area contributed by atoms with Crippen LogP contribution < -0.4 is 0 Å². The van der Waals surface area contributed by atoms with Gasteiger partial charge in [0, 0.05) is 17.9 Å².